The summed E-state index contributed by atoms with van der Waals surface area (Å²) in [5, 5.41) is 73.4. The molecule has 1 fully saturated rings. The molecular formula is C31H31N3O12. The zero-order chi connectivity index (χ0) is 33.3. The fourth-order valence-corrected chi connectivity index (χ4v) is 5.20. The van der Waals surface area contributed by atoms with Gasteiger partial charge in [0, 0.05) is 17.2 Å². The fourth-order valence-electron chi connectivity index (χ4n) is 5.20. The van der Waals surface area contributed by atoms with Crippen LogP contribution in [0.25, 0.3) is 22.3 Å². The summed E-state index contributed by atoms with van der Waals surface area (Å²) in [4.78, 5) is 29.3. The highest BCUT2D eigenvalue weighted by Crippen LogP contribution is 2.44. The fraction of sp³-hybridized carbons (Fsp3) is 0.258. The summed E-state index contributed by atoms with van der Waals surface area (Å²) in [5.74, 6) is -4.80. The molecule has 46 heavy (non-hydrogen) atoms. The summed E-state index contributed by atoms with van der Waals surface area (Å²) < 4.78 is 16.8. The van der Waals surface area contributed by atoms with E-state index in [1.807, 2.05) is 30.3 Å². The highest BCUT2D eigenvalue weighted by molar-refractivity contribution is 5.90. The van der Waals surface area contributed by atoms with Gasteiger partial charge in [0.2, 0.25) is 12.0 Å². The lowest BCUT2D eigenvalue weighted by molar-refractivity contribution is -0.303. The summed E-state index contributed by atoms with van der Waals surface area (Å²) >= 11 is 0. The number of aliphatic hydroxyl groups is 3. The smallest absolute Gasteiger partial charge is 0.335 e. The average Bonchev–Trinajstić information content (AvgIpc) is 3.02. The molecular weight excluding hydrogens is 606 g/mol. The number of fused-ring (bicyclic) bond motifs is 1. The van der Waals surface area contributed by atoms with E-state index in [1.54, 1.807) is 0 Å². The number of aliphatic hydroxyl groups excluding tert-OH is 2. The molecule has 11 N–H and O–H groups in total. The van der Waals surface area contributed by atoms with Gasteiger partial charge in [0.15, 0.2) is 29.0 Å². The van der Waals surface area contributed by atoms with Crippen LogP contribution < -0.4 is 21.6 Å². The number of aromatic hydroxyl groups is 3. The van der Waals surface area contributed by atoms with Crippen LogP contribution in [-0.4, -0.2) is 84.4 Å². The number of benzene rings is 3. The number of aliphatic carboxylic acids is 1. The maximum atomic E-state index is 13.9. The molecule has 242 valence electrons. The number of carbonyl (C=O) groups is 1. The second-order valence-electron chi connectivity index (χ2n) is 10.7. The summed E-state index contributed by atoms with van der Waals surface area (Å²) in [6, 6.07) is 16.1. The van der Waals surface area contributed by atoms with Crippen molar-refractivity contribution in [1.82, 2.24) is 0 Å². The number of hydrogen-bond acceptors (Lipinski definition) is 12. The highest BCUT2D eigenvalue weighted by Gasteiger charge is 2.58. The molecule has 1 aromatic heterocycles. The van der Waals surface area contributed by atoms with Crippen molar-refractivity contribution < 1.29 is 54.4 Å². The molecule has 0 amide bonds. The first-order valence-electron chi connectivity index (χ1n) is 13.9. The minimum Gasteiger partial charge on any atom is -0.508 e. The molecule has 3 aromatic carbocycles. The molecule has 1 aliphatic heterocycles. The van der Waals surface area contributed by atoms with Crippen molar-refractivity contribution in [2.75, 3.05) is 6.54 Å². The molecule has 0 saturated carbocycles. The van der Waals surface area contributed by atoms with Crippen molar-refractivity contribution in [2.45, 2.75) is 43.0 Å². The largest absolute Gasteiger partial charge is 0.508 e. The highest BCUT2D eigenvalue weighted by atomic mass is 16.7. The van der Waals surface area contributed by atoms with Crippen LogP contribution in [0.2, 0.25) is 0 Å². The Hall–Kier alpha value is -5.35. The Labute approximate surface area is 259 Å². The number of ether oxygens (including phenoxy) is 2. The van der Waals surface area contributed by atoms with E-state index >= 15 is 0 Å². The molecule has 0 aliphatic carbocycles. The van der Waals surface area contributed by atoms with Crippen LogP contribution in [-0.2, 0) is 22.4 Å². The number of nitrogens with zero attached hydrogens (tertiary/aromatic N) is 1. The topological polar surface area (TPSA) is 272 Å². The van der Waals surface area contributed by atoms with Crippen molar-refractivity contribution in [1.29, 1.82) is 0 Å². The molecule has 2 heterocycles. The first kappa shape index (κ1) is 32.1. The van der Waals surface area contributed by atoms with Crippen LogP contribution in [0.4, 0.5) is 0 Å². The van der Waals surface area contributed by atoms with Crippen LogP contribution >= 0.6 is 0 Å². The van der Waals surface area contributed by atoms with Crippen molar-refractivity contribution in [2.24, 2.45) is 16.5 Å². The monoisotopic (exact) mass is 637 g/mol. The number of rotatable bonds is 9. The normalized spacial score (nSPS) is 22.8. The Morgan fingerprint density at radius 2 is 1.63 bits per heavy atom. The maximum absolute atomic E-state index is 13.9. The maximum Gasteiger partial charge on any atom is 0.335 e. The predicted octanol–water partition coefficient (Wildman–Crippen LogP) is 0.277. The van der Waals surface area contributed by atoms with Gasteiger partial charge in [-0.2, -0.15) is 0 Å². The Morgan fingerprint density at radius 3 is 2.26 bits per heavy atom. The van der Waals surface area contributed by atoms with E-state index in [0.717, 1.165) is 11.6 Å². The molecule has 0 spiro atoms. The lowest BCUT2D eigenvalue weighted by atomic mass is 9.84. The summed E-state index contributed by atoms with van der Waals surface area (Å²) in [5.41, 5.74) is 8.43. The van der Waals surface area contributed by atoms with E-state index in [9.17, 15) is 45.3 Å². The van der Waals surface area contributed by atoms with Crippen LogP contribution in [0.15, 0.2) is 74.9 Å². The van der Waals surface area contributed by atoms with Gasteiger partial charge in [-0.25, -0.2) is 4.79 Å². The number of nitrogens with two attached hydrogens (primary N) is 2. The first-order chi connectivity index (χ1) is 21.8. The average molecular weight is 638 g/mol. The molecule has 15 nitrogen and oxygen atoms in total. The zero-order valence-corrected chi connectivity index (χ0v) is 24.0. The molecule has 15 heteroatoms. The Balaban J connectivity index is 1.60. The SMILES string of the molecule is NC(N)=NC[C@]1(O)[C@H](O)[C@@H](C(=O)O)O[C@H](Oc2cc3oc(-c4ccc(O)cc4)c(CCc4ccccc4)c(=O)c3c(O)c2O)[C@@H]1O. The van der Waals surface area contributed by atoms with E-state index in [2.05, 4.69) is 4.99 Å². The molecule has 1 aliphatic rings. The number of phenolic OH excluding ortho intramolecular Hbond substituents is 3. The molecule has 5 rings (SSSR count). The van der Waals surface area contributed by atoms with Gasteiger partial charge in [-0.15, -0.1) is 0 Å². The quantitative estimate of drug-likeness (QED) is 0.0677. The van der Waals surface area contributed by atoms with Crippen molar-refractivity contribution in [3.05, 3.63) is 82.0 Å². The third-order valence-electron chi connectivity index (χ3n) is 7.68. The third-order valence-corrected chi connectivity index (χ3v) is 7.68. The molecule has 4 aromatic rings. The minimum absolute atomic E-state index is 0.0356. The van der Waals surface area contributed by atoms with Gasteiger partial charge in [-0.3, -0.25) is 9.79 Å². The number of aryl methyl sites for hydroxylation is 1. The zero-order valence-electron chi connectivity index (χ0n) is 24.0. The van der Waals surface area contributed by atoms with Gasteiger partial charge in [0.25, 0.3) is 0 Å². The van der Waals surface area contributed by atoms with Crippen LogP contribution in [0, 0.1) is 0 Å². The summed E-state index contributed by atoms with van der Waals surface area (Å²) in [6.45, 7) is -0.865. The number of hydrogen-bond donors (Lipinski definition) is 9. The van der Waals surface area contributed by atoms with Gasteiger partial charge in [-0.1, -0.05) is 30.3 Å². The van der Waals surface area contributed by atoms with Gasteiger partial charge < -0.3 is 61.1 Å². The van der Waals surface area contributed by atoms with Crippen molar-refractivity contribution in [3.8, 4) is 34.3 Å². The lowest BCUT2D eigenvalue weighted by Gasteiger charge is -2.45. The molecule has 0 radical (unpaired) electrons. The number of carboxylic acid groups (broad SMARTS) is 1. The second-order valence-corrected chi connectivity index (χ2v) is 10.7. The first-order valence-corrected chi connectivity index (χ1v) is 13.9. The van der Waals surface area contributed by atoms with E-state index in [4.69, 9.17) is 25.4 Å². The predicted molar refractivity (Wildman–Crippen MR) is 161 cm³/mol. The molecule has 0 unspecified atom stereocenters. The van der Waals surface area contributed by atoms with Gasteiger partial charge >= 0.3 is 5.97 Å². The van der Waals surface area contributed by atoms with Crippen molar-refractivity contribution >= 4 is 22.9 Å². The third kappa shape index (κ3) is 5.99. The minimum atomic E-state index is -2.71. The second kappa shape index (κ2) is 12.6. The molecule has 1 saturated heterocycles. The molecule has 0 bridgehead atoms. The van der Waals surface area contributed by atoms with E-state index in [0.29, 0.717) is 12.0 Å². The number of guanidine groups is 1. The van der Waals surface area contributed by atoms with Crippen LogP contribution in [0.5, 0.6) is 23.0 Å². The van der Waals surface area contributed by atoms with E-state index < -0.39 is 76.7 Å². The summed E-state index contributed by atoms with van der Waals surface area (Å²) in [6.07, 6.45) is -8.09. The Bertz CT molecular complexity index is 1840. The van der Waals surface area contributed by atoms with Gasteiger partial charge in [-0.05, 0) is 42.7 Å². The molecule has 5 atom stereocenters. The number of phenols is 3. The Kier molecular flexibility index (Phi) is 8.76. The van der Waals surface area contributed by atoms with Crippen LogP contribution in [0.1, 0.15) is 11.1 Å². The van der Waals surface area contributed by atoms with Gasteiger partial charge in [0.05, 0.1) is 6.54 Å². The lowest BCUT2D eigenvalue weighted by Crippen LogP contribution is -2.70. The van der Waals surface area contributed by atoms with Crippen molar-refractivity contribution in [3.63, 3.8) is 0 Å². The van der Waals surface area contributed by atoms with E-state index in [1.165, 1.54) is 24.3 Å². The van der Waals surface area contributed by atoms with Crippen LogP contribution in [0.3, 0.4) is 0 Å². The number of aliphatic imine (C=N–C) groups is 1. The standard InChI is InChI=1S/C31H31N3O12/c32-30(33)34-13-31(43)26(39)25(28(41)42)46-29(27(31)40)45-19-12-18-20(23(38)22(19)37)21(36)17(11-6-14-4-2-1-3-5-14)24(44-18)15-7-9-16(35)10-8-15/h1-5,7-10,12,25-27,29,35,37-40,43H,6,11,13H2,(H,41,42)(H4,32,33,34)/t25-,26+,27-,29-,31-/m0/s1. The number of carboxylic acids is 1. The Morgan fingerprint density at radius 1 is 0.957 bits per heavy atom. The van der Waals surface area contributed by atoms with Gasteiger partial charge in [0.1, 0.15) is 40.3 Å². The summed E-state index contributed by atoms with van der Waals surface area (Å²) in [7, 11) is 0. The van der Waals surface area contributed by atoms with E-state index in [-0.39, 0.29) is 29.1 Å².